The van der Waals surface area contributed by atoms with Crippen LogP contribution in [0, 0.1) is 0 Å². The molecule has 1 aliphatic rings. The van der Waals surface area contributed by atoms with Crippen LogP contribution in [0.3, 0.4) is 0 Å². The minimum Gasteiger partial charge on any atom is -0.361 e. The fraction of sp³-hybridized carbons (Fsp3) is 0.526. The fourth-order valence-corrected chi connectivity index (χ4v) is 4.93. The molecule has 1 aromatic carbocycles. The van der Waals surface area contributed by atoms with Crippen LogP contribution < -0.4 is 5.32 Å². The second-order valence-corrected chi connectivity index (χ2v) is 10.7. The number of nitrogens with one attached hydrogen (secondary N) is 2. The molecule has 6 nitrogen and oxygen atoms in total. The lowest BCUT2D eigenvalue weighted by atomic mass is 10.1. The molecule has 0 radical (unpaired) electrons. The molecule has 0 saturated carbocycles. The molecule has 0 amide bonds. The van der Waals surface area contributed by atoms with Crippen LogP contribution in [-0.2, 0) is 16.3 Å². The highest BCUT2D eigenvalue weighted by molar-refractivity contribution is 7.92. The Kier molecular flexibility index (Phi) is 5.72. The summed E-state index contributed by atoms with van der Waals surface area (Å²) in [5.74, 6) is 0.934. The normalized spacial score (nSPS) is 19.4. The van der Waals surface area contributed by atoms with E-state index in [1.807, 2.05) is 31.3 Å². The lowest BCUT2D eigenvalue weighted by Gasteiger charge is -2.39. The average Bonchev–Trinajstić information content (AvgIpc) is 2.99. The van der Waals surface area contributed by atoms with Crippen molar-refractivity contribution in [2.45, 2.75) is 31.9 Å². The van der Waals surface area contributed by atoms with Crippen molar-refractivity contribution in [2.24, 2.45) is 4.99 Å². The minimum absolute atomic E-state index is 0.158. The molecule has 1 saturated heterocycles. The Hall–Kier alpha value is -1.73. The predicted molar refractivity (Wildman–Crippen MR) is 112 cm³/mol. The highest BCUT2D eigenvalue weighted by atomic mass is 35.5. The van der Waals surface area contributed by atoms with E-state index < -0.39 is 14.6 Å². The second kappa shape index (κ2) is 7.72. The number of halogens is 1. The third kappa shape index (κ3) is 4.24. The van der Waals surface area contributed by atoms with E-state index in [1.54, 1.807) is 13.8 Å². The Labute approximate surface area is 165 Å². The molecule has 2 N–H and O–H groups in total. The highest BCUT2D eigenvalue weighted by Gasteiger charge is 2.40. The number of hydrogen-bond donors (Lipinski definition) is 2. The number of guanidine groups is 1. The van der Waals surface area contributed by atoms with Crippen molar-refractivity contribution >= 4 is 38.3 Å². The zero-order valence-corrected chi connectivity index (χ0v) is 17.6. The second-order valence-electron chi connectivity index (χ2n) is 7.49. The van der Waals surface area contributed by atoms with E-state index in [-0.39, 0.29) is 5.75 Å². The monoisotopic (exact) mass is 410 g/mol. The number of hydrogen-bond acceptors (Lipinski definition) is 3. The van der Waals surface area contributed by atoms with Crippen LogP contribution in [-0.4, -0.2) is 60.9 Å². The van der Waals surface area contributed by atoms with Crippen LogP contribution in [0.25, 0.3) is 10.9 Å². The number of benzene rings is 1. The lowest BCUT2D eigenvalue weighted by molar-refractivity contribution is 0.353. The van der Waals surface area contributed by atoms with Crippen LogP contribution >= 0.6 is 11.6 Å². The zero-order chi connectivity index (χ0) is 19.7. The molecule has 8 heteroatoms. The highest BCUT2D eigenvalue weighted by Crippen LogP contribution is 2.24. The number of aliphatic imine (C=N–C) groups is 1. The predicted octanol–water partition coefficient (Wildman–Crippen LogP) is 2.84. The minimum atomic E-state index is -3.07. The number of aromatic nitrogens is 1. The zero-order valence-electron chi connectivity index (χ0n) is 16.0. The van der Waals surface area contributed by atoms with E-state index in [4.69, 9.17) is 16.6 Å². The van der Waals surface area contributed by atoms with Crippen LogP contribution in [0.1, 0.15) is 26.3 Å². The van der Waals surface area contributed by atoms with Crippen molar-refractivity contribution in [2.75, 3.05) is 31.9 Å². The number of aromatic amines is 1. The van der Waals surface area contributed by atoms with Gasteiger partial charge in [0.2, 0.25) is 0 Å². The lowest BCUT2D eigenvalue weighted by Crippen LogP contribution is -2.57. The van der Waals surface area contributed by atoms with Crippen LogP contribution in [0.5, 0.6) is 0 Å². The molecule has 2 heterocycles. The van der Waals surface area contributed by atoms with Gasteiger partial charge in [-0.2, -0.15) is 0 Å². The Balaban J connectivity index is 1.73. The standard InChI is InChI=1S/C19H27ClN4O2S/c1-4-21-18(24-9-10-27(25,26)19(2,3)13-24)22-8-7-14-12-23-17-6-5-15(20)11-16(14)17/h5-6,11-12,23H,4,7-10,13H2,1-3H3,(H,21,22). The van der Waals surface area contributed by atoms with Crippen LogP contribution in [0.15, 0.2) is 29.4 Å². The molecule has 0 spiro atoms. The molecule has 0 unspecified atom stereocenters. The number of H-pyrrole nitrogens is 1. The molecular weight excluding hydrogens is 384 g/mol. The maximum Gasteiger partial charge on any atom is 0.194 e. The summed E-state index contributed by atoms with van der Waals surface area (Å²) in [4.78, 5) is 10.1. The van der Waals surface area contributed by atoms with Gasteiger partial charge in [-0.25, -0.2) is 8.42 Å². The smallest absolute Gasteiger partial charge is 0.194 e. The van der Waals surface area contributed by atoms with Crippen molar-refractivity contribution in [3.63, 3.8) is 0 Å². The number of sulfone groups is 1. The summed E-state index contributed by atoms with van der Waals surface area (Å²) < 4.78 is 23.7. The van der Waals surface area contributed by atoms with Gasteiger partial charge in [-0.15, -0.1) is 0 Å². The molecule has 0 bridgehead atoms. The molecule has 1 aromatic heterocycles. The summed E-state index contributed by atoms with van der Waals surface area (Å²) in [6.45, 7) is 7.87. The Bertz CT molecular complexity index is 950. The van der Waals surface area contributed by atoms with E-state index in [0.29, 0.717) is 19.6 Å². The third-order valence-electron chi connectivity index (χ3n) is 5.05. The van der Waals surface area contributed by atoms with E-state index >= 15 is 0 Å². The molecule has 1 fully saturated rings. The van der Waals surface area contributed by atoms with Crippen LogP contribution in [0.4, 0.5) is 0 Å². The van der Waals surface area contributed by atoms with Crippen molar-refractivity contribution in [1.82, 2.24) is 15.2 Å². The molecule has 3 rings (SSSR count). The first-order valence-corrected chi connectivity index (χ1v) is 11.3. The summed E-state index contributed by atoms with van der Waals surface area (Å²) in [6.07, 6.45) is 2.78. The van der Waals surface area contributed by atoms with Gasteiger partial charge in [0, 0.05) is 48.3 Å². The summed E-state index contributed by atoms with van der Waals surface area (Å²) in [5, 5.41) is 5.13. The molecule has 27 heavy (non-hydrogen) atoms. The maximum atomic E-state index is 12.2. The molecule has 2 aromatic rings. The summed E-state index contributed by atoms with van der Waals surface area (Å²) in [5.41, 5.74) is 2.24. The summed E-state index contributed by atoms with van der Waals surface area (Å²) in [6, 6.07) is 5.82. The molecule has 0 aliphatic carbocycles. The third-order valence-corrected chi connectivity index (χ3v) is 7.82. The molecular formula is C19H27ClN4O2S. The van der Waals surface area contributed by atoms with Crippen molar-refractivity contribution in [3.8, 4) is 0 Å². The van der Waals surface area contributed by atoms with Gasteiger partial charge in [0.15, 0.2) is 15.8 Å². The van der Waals surface area contributed by atoms with E-state index in [1.165, 1.54) is 5.56 Å². The SMILES string of the molecule is CCNC(=NCCc1c[nH]c2ccc(Cl)cc12)N1CCS(=O)(=O)C(C)(C)C1. The summed E-state index contributed by atoms with van der Waals surface area (Å²) in [7, 11) is -3.07. The molecule has 0 atom stereocenters. The van der Waals surface area contributed by atoms with Gasteiger partial charge in [0.1, 0.15) is 0 Å². The first-order chi connectivity index (χ1) is 12.7. The Morgan fingerprint density at radius 3 is 2.89 bits per heavy atom. The van der Waals surface area contributed by atoms with Gasteiger partial charge in [-0.3, -0.25) is 4.99 Å². The largest absolute Gasteiger partial charge is 0.361 e. The van der Waals surface area contributed by atoms with Gasteiger partial charge < -0.3 is 15.2 Å². The number of rotatable bonds is 4. The van der Waals surface area contributed by atoms with Gasteiger partial charge in [0.05, 0.1) is 10.5 Å². The first-order valence-electron chi connectivity index (χ1n) is 9.24. The van der Waals surface area contributed by atoms with Crippen molar-refractivity contribution < 1.29 is 8.42 Å². The summed E-state index contributed by atoms with van der Waals surface area (Å²) >= 11 is 6.12. The van der Waals surface area contributed by atoms with Crippen LogP contribution in [0.2, 0.25) is 5.02 Å². The first kappa shape index (κ1) is 20.0. The van der Waals surface area contributed by atoms with Gasteiger partial charge >= 0.3 is 0 Å². The number of fused-ring (bicyclic) bond motifs is 1. The van der Waals surface area contributed by atoms with E-state index in [2.05, 4.69) is 15.2 Å². The van der Waals surface area contributed by atoms with Gasteiger partial charge in [-0.1, -0.05) is 11.6 Å². The fourth-order valence-electron chi connectivity index (χ4n) is 3.39. The van der Waals surface area contributed by atoms with E-state index in [0.717, 1.165) is 34.9 Å². The Morgan fingerprint density at radius 1 is 1.41 bits per heavy atom. The van der Waals surface area contributed by atoms with Gasteiger partial charge in [-0.05, 0) is 51.0 Å². The number of nitrogens with zero attached hydrogens (tertiary/aromatic N) is 2. The Morgan fingerprint density at radius 2 is 2.19 bits per heavy atom. The average molecular weight is 411 g/mol. The van der Waals surface area contributed by atoms with Gasteiger partial charge in [0.25, 0.3) is 0 Å². The van der Waals surface area contributed by atoms with E-state index in [9.17, 15) is 8.42 Å². The van der Waals surface area contributed by atoms with Crippen molar-refractivity contribution in [3.05, 3.63) is 35.0 Å². The quantitative estimate of drug-likeness (QED) is 0.600. The topological polar surface area (TPSA) is 77.6 Å². The molecule has 1 aliphatic heterocycles. The maximum absolute atomic E-state index is 12.2. The molecule has 148 valence electrons. The van der Waals surface area contributed by atoms with Crippen molar-refractivity contribution in [1.29, 1.82) is 0 Å².